The molecule has 4 aliphatic rings. The van der Waals surface area contributed by atoms with Gasteiger partial charge in [0.05, 0.1) is 33.8 Å². The Kier molecular flexibility index (Phi) is 3.68. The minimum atomic E-state index is -0.204. The second-order valence-corrected chi connectivity index (χ2v) is 11.9. The Morgan fingerprint density at radius 2 is 1.43 bits per heavy atom. The smallest absolute Gasteiger partial charge is 0.154 e. The van der Waals surface area contributed by atoms with Gasteiger partial charge in [-0.05, 0) is 41.5 Å². The van der Waals surface area contributed by atoms with Crippen LogP contribution in [0.3, 0.4) is 0 Å². The molecule has 1 aliphatic carbocycles. The van der Waals surface area contributed by atoms with E-state index >= 15 is 0 Å². The van der Waals surface area contributed by atoms with Gasteiger partial charge in [0.2, 0.25) is 0 Å². The molecule has 4 heteroatoms. The maximum Gasteiger partial charge on any atom is 0.154 e. The summed E-state index contributed by atoms with van der Waals surface area (Å²) < 4.78 is 5.06. The third kappa shape index (κ3) is 2.36. The summed E-state index contributed by atoms with van der Waals surface area (Å²) in [6.45, 7) is 0. The molecule has 196 valence electrons. The van der Waals surface area contributed by atoms with Gasteiger partial charge in [0, 0.05) is 32.8 Å². The van der Waals surface area contributed by atoms with Crippen LogP contribution in [0.25, 0.3) is 60.4 Å². The highest BCUT2D eigenvalue weighted by Gasteiger charge is 2.70. The number of hydrogen-bond donors (Lipinski definition) is 0. The zero-order chi connectivity index (χ0) is 27.2. The molecule has 0 amide bonds. The minimum Gasteiger partial charge on any atom is -0.317 e. The van der Waals surface area contributed by atoms with E-state index in [-0.39, 0.29) is 11.8 Å². The first kappa shape index (κ1) is 21.5. The van der Waals surface area contributed by atoms with Crippen LogP contribution in [0, 0.1) is 0 Å². The van der Waals surface area contributed by atoms with Crippen LogP contribution in [0.4, 0.5) is 0 Å². The van der Waals surface area contributed by atoms with E-state index in [2.05, 4.69) is 148 Å². The molecule has 0 saturated carbocycles. The molecular formula is C38H24N4. The highest BCUT2D eigenvalue weighted by Crippen LogP contribution is 2.60. The summed E-state index contributed by atoms with van der Waals surface area (Å²) in [7, 11) is 0. The molecule has 1 saturated heterocycles. The molecule has 5 heterocycles. The van der Waals surface area contributed by atoms with Crippen LogP contribution >= 0.6 is 0 Å². The SMILES string of the molecule is C1=CC2N3C4C(=NC23C=C1)c1cccc2c3c5c(ccc3n4c12)c1ccccc1n5-c1ccc(-c2ccccc2)cc1. The van der Waals surface area contributed by atoms with E-state index < -0.39 is 0 Å². The second kappa shape index (κ2) is 7.17. The number of aromatic nitrogens is 2. The van der Waals surface area contributed by atoms with Crippen LogP contribution in [0.15, 0.2) is 138 Å². The average molecular weight is 537 g/mol. The van der Waals surface area contributed by atoms with E-state index in [0.717, 1.165) is 0 Å². The maximum absolute atomic E-state index is 5.37. The van der Waals surface area contributed by atoms with Crippen LogP contribution in [-0.2, 0) is 0 Å². The first-order valence-electron chi connectivity index (χ1n) is 14.7. The molecule has 11 rings (SSSR count). The van der Waals surface area contributed by atoms with E-state index in [0.29, 0.717) is 6.04 Å². The maximum atomic E-state index is 5.37. The number of benzene rings is 5. The highest BCUT2D eigenvalue weighted by molar-refractivity contribution is 6.30. The average Bonchev–Trinajstić information content (AvgIpc) is 3.36. The lowest BCUT2D eigenvalue weighted by atomic mass is 10.0. The van der Waals surface area contributed by atoms with Crippen LogP contribution in [0.5, 0.6) is 0 Å². The summed E-state index contributed by atoms with van der Waals surface area (Å²) in [5, 5.41) is 5.20. The predicted octanol–water partition coefficient (Wildman–Crippen LogP) is 8.38. The molecule has 4 unspecified atom stereocenters. The third-order valence-corrected chi connectivity index (χ3v) is 10.0. The quantitative estimate of drug-likeness (QED) is 0.204. The minimum absolute atomic E-state index is 0.125. The van der Waals surface area contributed by atoms with Gasteiger partial charge in [0.25, 0.3) is 0 Å². The van der Waals surface area contributed by atoms with E-state index in [1.807, 2.05) is 0 Å². The molecule has 5 aromatic carbocycles. The summed E-state index contributed by atoms with van der Waals surface area (Å²) in [4.78, 5) is 7.94. The van der Waals surface area contributed by atoms with Crippen molar-refractivity contribution in [3.8, 4) is 16.8 Å². The van der Waals surface area contributed by atoms with Crippen molar-refractivity contribution < 1.29 is 0 Å². The lowest BCUT2D eigenvalue weighted by Gasteiger charge is -2.16. The van der Waals surface area contributed by atoms with E-state index in [1.54, 1.807) is 0 Å². The molecule has 1 spiro atoms. The topological polar surface area (TPSA) is 25.2 Å². The predicted molar refractivity (Wildman–Crippen MR) is 171 cm³/mol. The Labute approximate surface area is 241 Å². The molecule has 42 heavy (non-hydrogen) atoms. The van der Waals surface area contributed by atoms with Crippen molar-refractivity contribution in [3.05, 3.63) is 139 Å². The largest absolute Gasteiger partial charge is 0.317 e. The Balaban J connectivity index is 1.23. The summed E-state index contributed by atoms with van der Waals surface area (Å²) in [5.41, 5.74) is 11.0. The van der Waals surface area contributed by atoms with E-state index in [4.69, 9.17) is 4.99 Å². The second-order valence-electron chi connectivity index (χ2n) is 11.9. The highest BCUT2D eigenvalue weighted by atomic mass is 15.6. The number of rotatable bonds is 2. The molecular weight excluding hydrogens is 512 g/mol. The Hall–Kier alpha value is -5.19. The Morgan fingerprint density at radius 3 is 2.33 bits per heavy atom. The molecule has 0 N–H and O–H groups in total. The van der Waals surface area contributed by atoms with Gasteiger partial charge in [-0.15, -0.1) is 0 Å². The molecule has 0 bridgehead atoms. The van der Waals surface area contributed by atoms with Gasteiger partial charge >= 0.3 is 0 Å². The number of nitrogens with zero attached hydrogens (tertiary/aromatic N) is 4. The molecule has 2 aromatic heterocycles. The number of allylic oxidation sites excluding steroid dienone is 2. The van der Waals surface area contributed by atoms with Crippen molar-refractivity contribution >= 4 is 49.3 Å². The van der Waals surface area contributed by atoms with Gasteiger partial charge < -0.3 is 9.13 Å². The van der Waals surface area contributed by atoms with Crippen molar-refractivity contribution in [2.24, 2.45) is 4.99 Å². The zero-order valence-corrected chi connectivity index (χ0v) is 22.6. The van der Waals surface area contributed by atoms with Crippen LogP contribution in [-0.4, -0.2) is 31.5 Å². The molecule has 0 radical (unpaired) electrons. The van der Waals surface area contributed by atoms with Gasteiger partial charge in [-0.1, -0.05) is 103 Å². The molecule has 1 fully saturated rings. The summed E-state index contributed by atoms with van der Waals surface area (Å²) in [5.74, 6) is 0. The molecule has 4 atom stereocenters. The van der Waals surface area contributed by atoms with E-state index in [9.17, 15) is 0 Å². The van der Waals surface area contributed by atoms with Gasteiger partial charge in [-0.3, -0.25) is 4.99 Å². The van der Waals surface area contributed by atoms with Crippen LogP contribution in [0.1, 0.15) is 11.7 Å². The Morgan fingerprint density at radius 1 is 0.619 bits per heavy atom. The van der Waals surface area contributed by atoms with Crippen LogP contribution in [0.2, 0.25) is 0 Å². The van der Waals surface area contributed by atoms with Gasteiger partial charge in [0.1, 0.15) is 6.17 Å². The lowest BCUT2D eigenvalue weighted by molar-refractivity contribution is 0.377. The Bertz CT molecular complexity index is 2420. The summed E-state index contributed by atoms with van der Waals surface area (Å²) in [6.07, 6.45) is 9.03. The van der Waals surface area contributed by atoms with Gasteiger partial charge in [0.15, 0.2) is 5.66 Å². The normalized spacial score (nSPS) is 24.5. The standard InChI is InChI=1S/C38H24N4/c1-2-9-23(10-3-1)24-16-18-25(19-17-24)40-30-14-5-4-11-26(30)27-20-21-31-33(36(27)40)28-12-8-13-29-34-37(41(31)35(28)29)42-32-15-6-7-22-38(32,42)39-34/h1-22,32,37H. The number of hydrogen-bond acceptors (Lipinski definition) is 2. The first-order valence-corrected chi connectivity index (χ1v) is 14.7. The number of para-hydroxylation sites is 2. The zero-order valence-electron chi connectivity index (χ0n) is 22.6. The fraction of sp³-hybridized carbons (Fsp3) is 0.0789. The number of aliphatic imine (C=N–C) groups is 1. The summed E-state index contributed by atoms with van der Waals surface area (Å²) >= 11 is 0. The third-order valence-electron chi connectivity index (χ3n) is 10.0. The monoisotopic (exact) mass is 536 g/mol. The fourth-order valence-corrected chi connectivity index (χ4v) is 8.26. The van der Waals surface area contributed by atoms with Gasteiger partial charge in [-0.2, -0.15) is 0 Å². The van der Waals surface area contributed by atoms with Crippen molar-refractivity contribution in [3.63, 3.8) is 0 Å². The number of fused-ring (bicyclic) bond motifs is 12. The van der Waals surface area contributed by atoms with Crippen molar-refractivity contribution in [1.82, 2.24) is 14.0 Å². The molecule has 4 nitrogen and oxygen atoms in total. The van der Waals surface area contributed by atoms with E-state index in [1.165, 1.54) is 71.7 Å². The van der Waals surface area contributed by atoms with Crippen molar-refractivity contribution in [1.29, 1.82) is 0 Å². The van der Waals surface area contributed by atoms with Crippen LogP contribution < -0.4 is 0 Å². The van der Waals surface area contributed by atoms with Crippen molar-refractivity contribution in [2.75, 3.05) is 0 Å². The fourth-order valence-electron chi connectivity index (χ4n) is 8.26. The van der Waals surface area contributed by atoms with Crippen molar-refractivity contribution in [2.45, 2.75) is 17.9 Å². The van der Waals surface area contributed by atoms with Gasteiger partial charge in [-0.25, -0.2) is 4.90 Å². The lowest BCUT2D eigenvalue weighted by Crippen LogP contribution is -2.20. The molecule has 7 aromatic rings. The first-order chi connectivity index (χ1) is 20.8. The summed E-state index contributed by atoms with van der Waals surface area (Å²) in [6, 6.07) is 40.3. The molecule has 3 aliphatic heterocycles.